The van der Waals surface area contributed by atoms with Gasteiger partial charge in [-0.25, -0.2) is 14.0 Å². The molecule has 2 atom stereocenters. The Hall–Kier alpha value is -4.58. The summed E-state index contributed by atoms with van der Waals surface area (Å²) in [6.45, 7) is 2.64. The van der Waals surface area contributed by atoms with Gasteiger partial charge in [0.2, 0.25) is 0 Å². The van der Waals surface area contributed by atoms with E-state index in [1.165, 1.54) is 50.8 Å². The number of hydrogen-bond donors (Lipinski definition) is 0. The maximum atomic E-state index is 15.4. The zero-order valence-electron chi connectivity index (χ0n) is 28.4. The Balaban J connectivity index is 1.23. The summed E-state index contributed by atoms with van der Waals surface area (Å²) >= 11 is 12.9. The molecule has 2 bridgehead atoms. The summed E-state index contributed by atoms with van der Waals surface area (Å²) in [6, 6.07) is 16.1. The van der Waals surface area contributed by atoms with Gasteiger partial charge in [0.05, 0.1) is 49.2 Å². The van der Waals surface area contributed by atoms with Crippen molar-refractivity contribution < 1.29 is 37.7 Å². The molecule has 3 aliphatic rings. The molecule has 0 radical (unpaired) electrons. The van der Waals surface area contributed by atoms with Crippen molar-refractivity contribution in [1.29, 1.82) is 0 Å². The molecule has 0 unspecified atom stereocenters. The number of aromatic nitrogens is 1. The number of esters is 1. The van der Waals surface area contributed by atoms with Crippen LogP contribution >= 0.6 is 23.2 Å². The fraction of sp³-hybridized carbons (Fsp3) is 0.342. The lowest BCUT2D eigenvalue weighted by molar-refractivity contribution is -0.0311. The van der Waals surface area contributed by atoms with Crippen molar-refractivity contribution in [3.63, 3.8) is 0 Å². The quantitative estimate of drug-likeness (QED) is 0.134. The molecule has 0 aliphatic carbocycles. The van der Waals surface area contributed by atoms with Crippen molar-refractivity contribution in [3.8, 4) is 17.2 Å². The Morgan fingerprint density at radius 2 is 1.63 bits per heavy atom. The number of fused-ring (bicyclic) bond motifs is 3. The molecule has 13 heteroatoms. The van der Waals surface area contributed by atoms with Gasteiger partial charge in [-0.15, -0.1) is 0 Å². The molecule has 3 fully saturated rings. The minimum atomic E-state index is -0.816. The Morgan fingerprint density at radius 3 is 2.24 bits per heavy atom. The Kier molecular flexibility index (Phi) is 11.5. The van der Waals surface area contributed by atoms with Crippen LogP contribution in [0, 0.1) is 11.7 Å². The topological polar surface area (TPSA) is 99.7 Å². The third-order valence-electron chi connectivity index (χ3n) is 9.42. The fourth-order valence-electron chi connectivity index (χ4n) is 6.54. The molecule has 1 aromatic heterocycles. The van der Waals surface area contributed by atoms with Crippen LogP contribution in [0.5, 0.6) is 17.2 Å². The van der Waals surface area contributed by atoms with Crippen LogP contribution in [0.2, 0.25) is 10.0 Å². The summed E-state index contributed by atoms with van der Waals surface area (Å²) in [5, 5.41) is 0.663. The molecule has 0 N–H and O–H groups in total. The standard InChI is InChI=1S/C38H38Cl2FN3O7/c1-47-27-9-10-32(31(41)17-27)44(38(46)51-36-22-43-14-12-24(36)13-15-43)21-23-4-6-25(7-5-23)37(45)50-34(18-28-29(39)19-42-20-30(28)40)26-8-11-33(48-2)35(16-26)49-3/h4-11,16-17,19-20,24,34,36H,12-15,18,21-22H2,1-3H3/t34-,36-/m0/s1. The number of ether oxygens (including phenoxy) is 5. The molecule has 3 aliphatic heterocycles. The molecule has 0 saturated carbocycles. The first-order chi connectivity index (χ1) is 24.7. The van der Waals surface area contributed by atoms with E-state index < -0.39 is 24.0 Å². The maximum Gasteiger partial charge on any atom is 0.415 e. The van der Waals surface area contributed by atoms with Gasteiger partial charge in [0.25, 0.3) is 0 Å². The Bertz CT molecular complexity index is 1850. The van der Waals surface area contributed by atoms with Gasteiger partial charge < -0.3 is 23.7 Å². The minimum Gasteiger partial charge on any atom is -0.497 e. The van der Waals surface area contributed by atoms with Crippen LogP contribution in [0.15, 0.2) is 73.1 Å². The zero-order chi connectivity index (χ0) is 36.1. The lowest BCUT2D eigenvalue weighted by atomic mass is 9.86. The van der Waals surface area contributed by atoms with Gasteiger partial charge in [-0.1, -0.05) is 41.4 Å². The monoisotopic (exact) mass is 737 g/mol. The van der Waals surface area contributed by atoms with E-state index in [2.05, 4.69) is 9.88 Å². The maximum absolute atomic E-state index is 15.4. The highest BCUT2D eigenvalue weighted by atomic mass is 35.5. The Labute approximate surface area is 305 Å². The molecule has 7 rings (SSSR count). The number of rotatable bonds is 12. The van der Waals surface area contributed by atoms with E-state index >= 15 is 4.39 Å². The van der Waals surface area contributed by atoms with Crippen LogP contribution in [0.25, 0.3) is 0 Å². The lowest BCUT2D eigenvalue weighted by Gasteiger charge is -2.44. The number of piperidine rings is 3. The summed E-state index contributed by atoms with van der Waals surface area (Å²) in [6.07, 6.45) is 3.30. The number of amides is 1. The lowest BCUT2D eigenvalue weighted by Crippen LogP contribution is -2.53. The number of pyridine rings is 1. The second kappa shape index (κ2) is 16.2. The number of nitrogens with zero attached hydrogens (tertiary/aromatic N) is 3. The van der Waals surface area contributed by atoms with E-state index in [0.29, 0.717) is 50.5 Å². The van der Waals surface area contributed by atoms with Gasteiger partial charge in [0.1, 0.15) is 18.0 Å². The highest BCUT2D eigenvalue weighted by Crippen LogP contribution is 2.36. The number of halogens is 3. The van der Waals surface area contributed by atoms with E-state index in [-0.39, 0.29) is 36.2 Å². The van der Waals surface area contributed by atoms with E-state index in [9.17, 15) is 9.59 Å². The molecule has 51 heavy (non-hydrogen) atoms. The number of benzene rings is 3. The summed E-state index contributed by atoms with van der Waals surface area (Å²) in [5.74, 6) is 0.332. The number of methoxy groups -OCH3 is 3. The van der Waals surface area contributed by atoms with Crippen molar-refractivity contribution in [3.05, 3.63) is 111 Å². The average Bonchev–Trinajstić information content (AvgIpc) is 3.15. The summed E-state index contributed by atoms with van der Waals surface area (Å²) in [7, 11) is 4.49. The molecule has 10 nitrogen and oxygen atoms in total. The van der Waals surface area contributed by atoms with Crippen molar-refractivity contribution in [2.24, 2.45) is 5.92 Å². The van der Waals surface area contributed by atoms with Gasteiger partial charge >= 0.3 is 12.1 Å². The van der Waals surface area contributed by atoms with Crippen LogP contribution in [0.1, 0.15) is 46.0 Å². The van der Waals surface area contributed by atoms with E-state index in [1.54, 1.807) is 48.5 Å². The predicted octanol–water partition coefficient (Wildman–Crippen LogP) is 7.93. The predicted molar refractivity (Wildman–Crippen MR) is 191 cm³/mol. The van der Waals surface area contributed by atoms with Gasteiger partial charge in [-0.05, 0) is 84.9 Å². The molecule has 268 valence electrons. The normalized spacial score (nSPS) is 18.4. The first-order valence-corrected chi connectivity index (χ1v) is 17.3. The van der Waals surface area contributed by atoms with E-state index in [4.69, 9.17) is 46.9 Å². The highest BCUT2D eigenvalue weighted by Gasteiger charge is 2.38. The average molecular weight is 739 g/mol. The molecule has 3 aromatic carbocycles. The number of carbonyl (C=O) groups is 2. The van der Waals surface area contributed by atoms with Crippen LogP contribution in [0.3, 0.4) is 0 Å². The third-order valence-corrected chi connectivity index (χ3v) is 10.1. The van der Waals surface area contributed by atoms with Gasteiger partial charge in [0.15, 0.2) is 17.3 Å². The van der Waals surface area contributed by atoms with Crippen LogP contribution in [0.4, 0.5) is 14.9 Å². The second-order valence-corrected chi connectivity index (χ2v) is 13.3. The summed E-state index contributed by atoms with van der Waals surface area (Å²) < 4.78 is 43.5. The van der Waals surface area contributed by atoms with Crippen molar-refractivity contribution in [1.82, 2.24) is 9.88 Å². The minimum absolute atomic E-state index is 0.00812. The van der Waals surface area contributed by atoms with Crippen molar-refractivity contribution in [2.75, 3.05) is 45.9 Å². The zero-order valence-corrected chi connectivity index (χ0v) is 30.0. The van der Waals surface area contributed by atoms with Gasteiger partial charge in [-0.3, -0.25) is 14.8 Å². The second-order valence-electron chi connectivity index (χ2n) is 12.5. The Morgan fingerprint density at radius 1 is 0.922 bits per heavy atom. The van der Waals surface area contributed by atoms with Crippen molar-refractivity contribution in [2.45, 2.75) is 38.0 Å². The molecular weight excluding hydrogens is 700 g/mol. The molecule has 1 amide bonds. The highest BCUT2D eigenvalue weighted by molar-refractivity contribution is 6.35. The summed E-state index contributed by atoms with van der Waals surface area (Å²) in [5.41, 5.74) is 2.14. The van der Waals surface area contributed by atoms with Crippen molar-refractivity contribution >= 4 is 41.0 Å². The van der Waals surface area contributed by atoms with Crippen LogP contribution in [-0.4, -0.2) is 69.0 Å². The molecule has 0 spiro atoms. The molecule has 3 saturated heterocycles. The van der Waals surface area contributed by atoms with Crippen LogP contribution < -0.4 is 19.1 Å². The first kappa shape index (κ1) is 36.2. The van der Waals surface area contributed by atoms with E-state index in [1.807, 2.05) is 0 Å². The molecule has 4 heterocycles. The van der Waals surface area contributed by atoms with E-state index in [0.717, 1.165) is 25.9 Å². The van der Waals surface area contributed by atoms with Gasteiger partial charge in [0, 0.05) is 31.4 Å². The molecular formula is C38H38Cl2FN3O7. The van der Waals surface area contributed by atoms with Gasteiger partial charge in [-0.2, -0.15) is 0 Å². The van der Waals surface area contributed by atoms with Crippen LogP contribution in [-0.2, 0) is 22.4 Å². The number of carbonyl (C=O) groups excluding carboxylic acids is 2. The molecule has 4 aromatic rings. The largest absolute Gasteiger partial charge is 0.497 e. The first-order valence-electron chi connectivity index (χ1n) is 16.5. The third kappa shape index (κ3) is 8.32. The number of hydrogen-bond acceptors (Lipinski definition) is 9. The summed E-state index contributed by atoms with van der Waals surface area (Å²) in [4.78, 5) is 34.9. The number of anilines is 1. The fourth-order valence-corrected chi connectivity index (χ4v) is 7.06. The smallest absolute Gasteiger partial charge is 0.415 e. The SMILES string of the molecule is COc1ccc(N(Cc2ccc(C(=O)O[C@@H](Cc3c(Cl)cncc3Cl)c3ccc(OC)c(OC)c3)cc2)C(=O)O[C@H]2CN3CCC2CC3)c(F)c1.